The number of carbonyl (C=O) groups is 2. The maximum atomic E-state index is 12.3. The largest absolute Gasteiger partial charge is 0.550 e. The number of benzene rings is 1. The molecule has 3 rings (SSSR count). The van der Waals surface area contributed by atoms with Crippen LogP contribution < -0.4 is 20.4 Å². The van der Waals surface area contributed by atoms with Gasteiger partial charge in [-0.1, -0.05) is 0 Å². The Kier molecular flexibility index (Phi) is 5.52. The van der Waals surface area contributed by atoms with Crippen LogP contribution in [0.2, 0.25) is 0 Å². The molecule has 0 aliphatic carbocycles. The van der Waals surface area contributed by atoms with Crippen molar-refractivity contribution in [2.24, 2.45) is 4.99 Å². The molecule has 7 nitrogen and oxygen atoms in total. The number of aromatic nitrogens is 1. The maximum Gasteiger partial charge on any atom is 0.277 e. The molecule has 0 radical (unpaired) electrons. The van der Waals surface area contributed by atoms with Gasteiger partial charge in [0.25, 0.3) is 5.91 Å². The van der Waals surface area contributed by atoms with Gasteiger partial charge in [-0.2, -0.15) is 0 Å². The van der Waals surface area contributed by atoms with Crippen LogP contribution in [0.3, 0.4) is 0 Å². The molecule has 1 aliphatic heterocycles. The number of thiazole rings is 1. The van der Waals surface area contributed by atoms with E-state index < -0.39 is 11.9 Å². The lowest BCUT2D eigenvalue weighted by Gasteiger charge is -2.07. The van der Waals surface area contributed by atoms with Crippen molar-refractivity contribution in [3.05, 3.63) is 43.2 Å². The van der Waals surface area contributed by atoms with Crippen LogP contribution >= 0.6 is 23.6 Å². The van der Waals surface area contributed by atoms with E-state index >= 15 is 0 Å². The molecule has 0 spiro atoms. The first-order valence-electron chi connectivity index (χ1n) is 8.11. The van der Waals surface area contributed by atoms with E-state index in [4.69, 9.17) is 17.0 Å². The second-order valence-electron chi connectivity index (χ2n) is 5.64. The SMILES string of the molecule is CCOc1ccc2c(c1)=CC(=Cc1sc(=S)n(CCC(=O)[O-])c1O)C(=O)N=2. The number of hydrogen-bond donors (Lipinski definition) is 1. The topological polar surface area (TPSA) is 104 Å². The zero-order valence-corrected chi connectivity index (χ0v) is 15.9. The zero-order valence-electron chi connectivity index (χ0n) is 14.3. The van der Waals surface area contributed by atoms with Crippen molar-refractivity contribution in [1.29, 1.82) is 0 Å². The van der Waals surface area contributed by atoms with E-state index in [9.17, 15) is 19.8 Å². The summed E-state index contributed by atoms with van der Waals surface area (Å²) >= 11 is 6.24. The Balaban J connectivity index is 2.01. The van der Waals surface area contributed by atoms with Crippen LogP contribution in [0.5, 0.6) is 11.6 Å². The summed E-state index contributed by atoms with van der Waals surface area (Å²) in [6.07, 6.45) is 2.89. The molecular weight excluding hydrogens is 388 g/mol. The summed E-state index contributed by atoms with van der Waals surface area (Å²) in [4.78, 5) is 27.3. The van der Waals surface area contributed by atoms with Crippen molar-refractivity contribution in [3.8, 4) is 11.6 Å². The standard InChI is InChI=1S/C18H16N2O5S2/c1-2-25-12-3-4-13-10(8-12)7-11(16(23)19-13)9-14-17(24)20(18(26)27-14)6-5-15(21)22/h3-4,7-9,24H,2,5-6H2,1H3,(H,21,22)/p-1. The summed E-state index contributed by atoms with van der Waals surface area (Å²) in [5.41, 5.74) is 0.287. The van der Waals surface area contributed by atoms with Gasteiger partial charge in [-0.05, 0) is 49.5 Å². The third-order valence-electron chi connectivity index (χ3n) is 3.81. The summed E-state index contributed by atoms with van der Waals surface area (Å²) in [7, 11) is 0. The molecule has 0 saturated heterocycles. The van der Waals surface area contributed by atoms with Gasteiger partial charge in [-0.15, -0.1) is 11.3 Å². The van der Waals surface area contributed by atoms with E-state index in [0.717, 1.165) is 16.6 Å². The summed E-state index contributed by atoms with van der Waals surface area (Å²) in [5, 5.41) is 22.2. The number of carbonyl (C=O) groups excluding carboxylic acids is 2. The Morgan fingerprint density at radius 2 is 2.26 bits per heavy atom. The molecule has 140 valence electrons. The second kappa shape index (κ2) is 7.85. The fraction of sp³-hybridized carbons (Fsp3) is 0.222. The third kappa shape index (κ3) is 4.15. The highest BCUT2D eigenvalue weighted by Crippen LogP contribution is 2.29. The minimum atomic E-state index is -1.24. The zero-order chi connectivity index (χ0) is 19.6. The normalized spacial score (nSPS) is 14.4. The minimum absolute atomic E-state index is 0.00470. The number of aromatic hydroxyl groups is 1. The molecule has 0 fully saturated rings. The molecule has 2 aromatic rings. The van der Waals surface area contributed by atoms with Crippen molar-refractivity contribution in [3.63, 3.8) is 0 Å². The molecular formula is C18H15N2O5S2-. The average molecular weight is 403 g/mol. The van der Waals surface area contributed by atoms with Crippen LogP contribution in [0.25, 0.3) is 12.2 Å². The quantitative estimate of drug-likeness (QED) is 0.558. The molecule has 9 heteroatoms. The lowest BCUT2D eigenvalue weighted by molar-refractivity contribution is -0.305. The predicted octanol–water partition coefficient (Wildman–Crippen LogP) is 0.547. The number of ether oxygens (including phenoxy) is 1. The van der Waals surface area contributed by atoms with Gasteiger partial charge in [0.05, 0.1) is 16.8 Å². The van der Waals surface area contributed by atoms with E-state index in [-0.39, 0.29) is 24.4 Å². The number of fused-ring (bicyclic) bond motifs is 1. The molecule has 0 unspecified atom stereocenters. The maximum absolute atomic E-state index is 12.3. The van der Waals surface area contributed by atoms with Gasteiger partial charge in [-0.3, -0.25) is 9.36 Å². The molecule has 1 amide bonds. The van der Waals surface area contributed by atoms with Crippen LogP contribution in [0.15, 0.2) is 28.8 Å². The molecule has 1 N–H and O–H groups in total. The number of hydrogen-bond acceptors (Lipinski definition) is 7. The second-order valence-corrected chi connectivity index (χ2v) is 7.32. The lowest BCUT2D eigenvalue weighted by Crippen LogP contribution is -2.30. The highest BCUT2D eigenvalue weighted by atomic mass is 32.1. The highest BCUT2D eigenvalue weighted by molar-refractivity contribution is 7.73. The van der Waals surface area contributed by atoms with Crippen LogP contribution in [0, 0.1) is 3.95 Å². The van der Waals surface area contributed by atoms with E-state index in [1.807, 2.05) is 6.92 Å². The smallest absolute Gasteiger partial charge is 0.277 e. The van der Waals surface area contributed by atoms with Crippen molar-refractivity contribution in [1.82, 2.24) is 4.57 Å². The Morgan fingerprint density at radius 3 is 2.96 bits per heavy atom. The lowest BCUT2D eigenvalue weighted by atomic mass is 10.1. The van der Waals surface area contributed by atoms with Crippen LogP contribution in [-0.4, -0.2) is 28.2 Å². The molecule has 1 aromatic heterocycles. The van der Waals surface area contributed by atoms with E-state index in [1.165, 1.54) is 10.6 Å². The summed E-state index contributed by atoms with van der Waals surface area (Å²) < 4.78 is 7.07. The molecule has 0 saturated carbocycles. The third-order valence-corrected chi connectivity index (χ3v) is 5.20. The number of nitrogens with zero attached hydrogens (tertiary/aromatic N) is 2. The van der Waals surface area contributed by atoms with Gasteiger partial charge in [0.2, 0.25) is 5.88 Å². The van der Waals surface area contributed by atoms with Crippen molar-refractivity contribution < 1.29 is 24.5 Å². The van der Waals surface area contributed by atoms with Crippen molar-refractivity contribution >= 4 is 47.6 Å². The van der Waals surface area contributed by atoms with Crippen LogP contribution in [-0.2, 0) is 16.1 Å². The first kappa shape index (κ1) is 19.0. The van der Waals surface area contributed by atoms with Crippen LogP contribution in [0.4, 0.5) is 0 Å². The Hall–Kier alpha value is -2.78. The Bertz CT molecular complexity index is 1130. The monoisotopic (exact) mass is 403 g/mol. The Labute approximate surface area is 163 Å². The first-order valence-corrected chi connectivity index (χ1v) is 9.33. The minimum Gasteiger partial charge on any atom is -0.550 e. The summed E-state index contributed by atoms with van der Waals surface area (Å²) in [5.74, 6) is -1.19. The molecule has 27 heavy (non-hydrogen) atoms. The number of carboxylic acid groups (broad SMARTS) is 1. The number of rotatable bonds is 6. The molecule has 2 heterocycles. The molecule has 1 aliphatic rings. The van der Waals surface area contributed by atoms with Gasteiger partial charge < -0.3 is 19.7 Å². The summed E-state index contributed by atoms with van der Waals surface area (Å²) in [6.45, 7) is 2.40. The van der Waals surface area contributed by atoms with Gasteiger partial charge >= 0.3 is 0 Å². The Morgan fingerprint density at radius 1 is 1.48 bits per heavy atom. The predicted molar refractivity (Wildman–Crippen MR) is 100 cm³/mol. The van der Waals surface area contributed by atoms with Gasteiger partial charge in [0.1, 0.15) is 5.75 Å². The van der Waals surface area contributed by atoms with E-state index in [0.29, 0.717) is 26.5 Å². The van der Waals surface area contributed by atoms with E-state index in [2.05, 4.69) is 4.99 Å². The van der Waals surface area contributed by atoms with Crippen LogP contribution in [0.1, 0.15) is 18.2 Å². The van der Waals surface area contributed by atoms with Gasteiger partial charge in [0, 0.05) is 29.7 Å². The van der Waals surface area contributed by atoms with Crippen molar-refractivity contribution in [2.75, 3.05) is 6.61 Å². The number of aliphatic carboxylic acids is 1. The first-order chi connectivity index (χ1) is 12.9. The molecule has 0 atom stereocenters. The molecule has 1 aromatic carbocycles. The molecule has 0 bridgehead atoms. The summed E-state index contributed by atoms with van der Waals surface area (Å²) in [6, 6.07) is 5.25. The fourth-order valence-corrected chi connectivity index (χ4v) is 3.87. The highest BCUT2D eigenvalue weighted by Gasteiger charge is 2.15. The fourth-order valence-electron chi connectivity index (χ4n) is 2.56. The number of amides is 1. The van der Waals surface area contributed by atoms with Gasteiger partial charge in [0.15, 0.2) is 3.95 Å². The number of carboxylic acids is 1. The van der Waals surface area contributed by atoms with Gasteiger partial charge in [-0.25, -0.2) is 4.99 Å². The van der Waals surface area contributed by atoms with E-state index in [1.54, 1.807) is 24.3 Å². The van der Waals surface area contributed by atoms with Crippen molar-refractivity contribution in [2.45, 2.75) is 19.9 Å². The average Bonchev–Trinajstić information content (AvgIpc) is 2.87.